The topological polar surface area (TPSA) is 36.7 Å². The minimum Gasteiger partial charge on any atom is -0.435 e. The van der Waals surface area contributed by atoms with Gasteiger partial charge in [-0.3, -0.25) is 0 Å². The Morgan fingerprint density at radius 2 is 0.875 bits per heavy atom. The van der Waals surface area contributed by atoms with Gasteiger partial charge in [-0.05, 0) is 112 Å². The molecule has 9 rings (SSSR count). The molecule has 0 atom stereocenters. The van der Waals surface area contributed by atoms with Crippen molar-refractivity contribution < 1.29 is 27.9 Å². The van der Waals surface area contributed by atoms with Crippen LogP contribution in [0.5, 0.6) is 17.2 Å². The van der Waals surface area contributed by atoms with E-state index in [1.165, 1.54) is 55.6 Å². The third kappa shape index (κ3) is 8.20. The van der Waals surface area contributed by atoms with E-state index in [2.05, 4.69) is 148 Å². The number of rotatable bonds is 3. The highest BCUT2D eigenvalue weighted by atomic mass is 16.5. The third-order valence-electron chi connectivity index (χ3n) is 10.8. The summed E-state index contributed by atoms with van der Waals surface area (Å²) in [5.41, 5.74) is 17.2. The lowest BCUT2D eigenvalue weighted by molar-refractivity contribution is -0.476. The number of aryl methyl sites for hydroxylation is 5. The Hall–Kier alpha value is -6.27. The summed E-state index contributed by atoms with van der Waals surface area (Å²) in [6.07, 6.45) is 6.54. The fourth-order valence-corrected chi connectivity index (χ4v) is 7.35. The van der Waals surface area contributed by atoms with Crippen LogP contribution in [-0.4, -0.2) is 52.6 Å². The molecule has 6 heteroatoms. The van der Waals surface area contributed by atoms with Gasteiger partial charge in [0.15, 0.2) is 18.6 Å². The van der Waals surface area contributed by atoms with E-state index < -0.39 is 0 Å². The summed E-state index contributed by atoms with van der Waals surface area (Å²) in [6, 6.07) is 39.6. The molecular weight excluding hydrogens is 691 g/mol. The second-order valence-corrected chi connectivity index (χ2v) is 14.9. The molecule has 282 valence electrons. The molecule has 0 saturated heterocycles. The normalized spacial score (nSPS) is 13.5. The van der Waals surface area contributed by atoms with Crippen molar-refractivity contribution in [3.05, 3.63) is 176 Å². The molecule has 56 heavy (non-hydrogen) atoms. The van der Waals surface area contributed by atoms with E-state index >= 15 is 0 Å². The molecule has 6 aromatic rings. The van der Waals surface area contributed by atoms with Gasteiger partial charge in [0.05, 0.1) is 16.7 Å². The van der Waals surface area contributed by atoms with Gasteiger partial charge < -0.3 is 14.2 Å². The summed E-state index contributed by atoms with van der Waals surface area (Å²) in [6.45, 7) is 18.8. The lowest BCUT2D eigenvalue weighted by Crippen LogP contribution is -2.22. The summed E-state index contributed by atoms with van der Waals surface area (Å²) in [5, 5.41) is 0. The van der Waals surface area contributed by atoms with Crippen molar-refractivity contribution in [1.29, 1.82) is 0 Å². The van der Waals surface area contributed by atoms with E-state index in [1.54, 1.807) is 0 Å². The molecule has 0 aromatic heterocycles. The fourth-order valence-electron chi connectivity index (χ4n) is 7.35. The summed E-state index contributed by atoms with van der Waals surface area (Å²) in [5.74, 6) is 3.03. The average Bonchev–Trinajstić information content (AvgIpc) is 3.23. The van der Waals surface area contributed by atoms with Crippen molar-refractivity contribution >= 4 is 35.7 Å². The van der Waals surface area contributed by atoms with Crippen LogP contribution in [0.2, 0.25) is 0 Å². The van der Waals surface area contributed by atoms with Crippen LogP contribution in [0.3, 0.4) is 0 Å². The molecule has 0 N–H and O–H groups in total. The van der Waals surface area contributed by atoms with Crippen molar-refractivity contribution in [3.63, 3.8) is 0 Å². The number of hydrogen-bond donors (Lipinski definition) is 0. The maximum atomic E-state index is 5.95. The lowest BCUT2D eigenvalue weighted by Gasteiger charge is -2.18. The molecule has 0 amide bonds. The Morgan fingerprint density at radius 3 is 1.45 bits per heavy atom. The molecule has 6 aromatic carbocycles. The number of nitrogens with zero attached hydrogens (tertiary/aromatic N) is 3. The van der Waals surface area contributed by atoms with Crippen LogP contribution >= 0.6 is 0 Å². The number of fused-ring (bicyclic) bond motifs is 3. The van der Waals surface area contributed by atoms with Crippen LogP contribution in [0.4, 0.5) is 17.1 Å². The highest BCUT2D eigenvalue weighted by Crippen LogP contribution is 2.33. The standard InChI is InChI=1S/2C17H18NO.C16H16NO/c1-12-9-15-10-18(16-7-5-4-6-8-16)11-19-17(15)14(3)13(12)2;1-12-9-13(2)17-16(14(12)3)10-18(11-19-17)15-7-5-4-6-8-15;1-12-8-13(2)15-10-17(11-18-16(15)9-12)14-6-4-3-5-7-14/h2*4-10H,11H2,1-3H3;3-10H,11H2,1-2H3/q3*+1. The van der Waals surface area contributed by atoms with E-state index in [4.69, 9.17) is 14.2 Å². The minimum absolute atomic E-state index is 0.569. The van der Waals surface area contributed by atoms with Crippen LogP contribution in [0, 0.1) is 55.4 Å². The number of hydrogen-bond acceptors (Lipinski definition) is 3. The summed E-state index contributed by atoms with van der Waals surface area (Å²) < 4.78 is 24.2. The van der Waals surface area contributed by atoms with E-state index in [0.29, 0.717) is 20.2 Å². The summed E-state index contributed by atoms with van der Waals surface area (Å²) in [7, 11) is 0. The van der Waals surface area contributed by atoms with E-state index in [-0.39, 0.29) is 0 Å². The highest BCUT2D eigenvalue weighted by molar-refractivity contribution is 5.86. The zero-order chi connectivity index (χ0) is 39.3. The van der Waals surface area contributed by atoms with Crippen molar-refractivity contribution in [1.82, 2.24) is 0 Å². The Balaban J connectivity index is 0.000000129. The molecule has 3 aliphatic rings. The lowest BCUT2D eigenvalue weighted by atomic mass is 9.98. The zero-order valence-corrected chi connectivity index (χ0v) is 33.9. The number of para-hydroxylation sites is 3. The molecule has 0 bridgehead atoms. The highest BCUT2D eigenvalue weighted by Gasteiger charge is 2.24. The van der Waals surface area contributed by atoms with Gasteiger partial charge in [0.2, 0.25) is 17.1 Å². The quantitative estimate of drug-likeness (QED) is 0.169. The van der Waals surface area contributed by atoms with Crippen molar-refractivity contribution in [3.8, 4) is 17.2 Å². The van der Waals surface area contributed by atoms with Crippen molar-refractivity contribution in [2.24, 2.45) is 0 Å². The molecule has 3 heterocycles. The monoisotopic (exact) mass is 742 g/mol. The minimum atomic E-state index is 0.569. The zero-order valence-electron chi connectivity index (χ0n) is 33.9. The first-order chi connectivity index (χ1) is 27.1. The molecule has 0 unspecified atom stereocenters. The summed E-state index contributed by atoms with van der Waals surface area (Å²) in [4.78, 5) is 0. The Labute approximate surface area is 331 Å². The molecule has 0 saturated carbocycles. The fraction of sp³-hybridized carbons (Fsp3) is 0.220. The van der Waals surface area contributed by atoms with Crippen molar-refractivity contribution in [2.75, 3.05) is 20.2 Å². The maximum Gasteiger partial charge on any atom is 0.292 e. The largest absolute Gasteiger partial charge is 0.435 e. The molecule has 0 spiro atoms. The maximum absolute atomic E-state index is 5.95. The SMILES string of the molecule is Cc1cc(C)c2c(c1)OC[N+](c1ccccc1)=C2.Cc1cc(C)c2c(c1C)C=[N+](c1ccccc1)CO2.Cc1cc2c(c(C)c1C)OC[N+](c1ccccc1)=C2. The molecule has 0 radical (unpaired) electrons. The average molecular weight is 743 g/mol. The van der Waals surface area contributed by atoms with Crippen LogP contribution in [-0.2, 0) is 0 Å². The molecule has 0 fully saturated rings. The van der Waals surface area contributed by atoms with Gasteiger partial charge in [-0.1, -0.05) is 66.7 Å². The number of benzene rings is 6. The van der Waals surface area contributed by atoms with E-state index in [1.807, 2.05) is 54.6 Å². The first kappa shape index (κ1) is 38.0. The van der Waals surface area contributed by atoms with E-state index in [9.17, 15) is 0 Å². The Morgan fingerprint density at radius 1 is 0.393 bits per heavy atom. The first-order valence-electron chi connectivity index (χ1n) is 19.3. The van der Waals surface area contributed by atoms with Crippen LogP contribution in [0.25, 0.3) is 0 Å². The smallest absolute Gasteiger partial charge is 0.292 e. The van der Waals surface area contributed by atoms with Crippen molar-refractivity contribution in [2.45, 2.75) is 55.4 Å². The number of ether oxygens (including phenoxy) is 3. The molecular formula is C50H52N3O3+3. The van der Waals surface area contributed by atoms with Gasteiger partial charge in [0, 0.05) is 36.4 Å². The van der Waals surface area contributed by atoms with Gasteiger partial charge in [-0.15, -0.1) is 0 Å². The van der Waals surface area contributed by atoms with Gasteiger partial charge in [-0.25, -0.2) is 0 Å². The molecule has 3 aliphatic heterocycles. The second kappa shape index (κ2) is 16.6. The molecule has 6 nitrogen and oxygen atoms in total. The van der Waals surface area contributed by atoms with Gasteiger partial charge >= 0.3 is 0 Å². The van der Waals surface area contributed by atoms with Gasteiger partial charge in [0.1, 0.15) is 17.2 Å². The summed E-state index contributed by atoms with van der Waals surface area (Å²) >= 11 is 0. The second-order valence-electron chi connectivity index (χ2n) is 14.9. The third-order valence-corrected chi connectivity index (χ3v) is 10.8. The predicted molar refractivity (Wildman–Crippen MR) is 228 cm³/mol. The predicted octanol–water partition coefficient (Wildman–Crippen LogP) is 10.9. The first-order valence-corrected chi connectivity index (χ1v) is 19.3. The van der Waals surface area contributed by atoms with Crippen LogP contribution in [0.1, 0.15) is 61.2 Å². The Kier molecular flexibility index (Phi) is 11.3. The van der Waals surface area contributed by atoms with Crippen LogP contribution in [0.15, 0.2) is 115 Å². The molecule has 0 aliphatic carbocycles. The van der Waals surface area contributed by atoms with Gasteiger partial charge in [-0.2, -0.15) is 13.7 Å². The van der Waals surface area contributed by atoms with Crippen LogP contribution < -0.4 is 14.2 Å². The Bertz CT molecular complexity index is 2480. The van der Waals surface area contributed by atoms with Gasteiger partial charge in [0.25, 0.3) is 20.2 Å². The van der Waals surface area contributed by atoms with E-state index in [0.717, 1.165) is 39.9 Å².